The highest BCUT2D eigenvalue weighted by Gasteiger charge is 2.36. The van der Waals surface area contributed by atoms with Crippen LogP contribution in [0.25, 0.3) is 0 Å². The van der Waals surface area contributed by atoms with Crippen molar-refractivity contribution in [3.8, 4) is 5.75 Å². The highest BCUT2D eigenvalue weighted by molar-refractivity contribution is 6.30. The maximum Gasteiger partial charge on any atom is 0.239 e. The van der Waals surface area contributed by atoms with Crippen LogP contribution >= 0.6 is 11.6 Å². The lowest BCUT2D eigenvalue weighted by atomic mass is 9.90. The predicted octanol–water partition coefficient (Wildman–Crippen LogP) is 4.02. The van der Waals surface area contributed by atoms with Gasteiger partial charge in [0.05, 0.1) is 12.3 Å². The highest BCUT2D eigenvalue weighted by Crippen LogP contribution is 2.26. The number of hydrogen-bond donors (Lipinski definition) is 2. The number of anilines is 1. The Balaban J connectivity index is 2.02. The van der Waals surface area contributed by atoms with Gasteiger partial charge in [-0.25, -0.2) is 0 Å². The molecule has 0 aromatic heterocycles. The fraction of sp³-hybridized carbons (Fsp3) is 0.300. The van der Waals surface area contributed by atoms with Crippen molar-refractivity contribution in [3.63, 3.8) is 0 Å². The van der Waals surface area contributed by atoms with Crippen LogP contribution in [0.3, 0.4) is 0 Å². The fourth-order valence-corrected chi connectivity index (χ4v) is 2.36. The van der Waals surface area contributed by atoms with Crippen molar-refractivity contribution < 1.29 is 14.3 Å². The first kappa shape index (κ1) is 19.8. The fourth-order valence-electron chi connectivity index (χ4n) is 2.24. The molecular weight excluding hydrogens is 352 g/mol. The number of halogens is 1. The Morgan fingerprint density at radius 3 is 2.35 bits per heavy atom. The molecule has 0 heterocycles. The van der Waals surface area contributed by atoms with Crippen LogP contribution in [0.2, 0.25) is 5.02 Å². The summed E-state index contributed by atoms with van der Waals surface area (Å²) in [5.41, 5.74) is 0.199. The molecule has 0 radical (unpaired) electrons. The second-order valence-electron chi connectivity index (χ2n) is 6.32. The van der Waals surface area contributed by atoms with Crippen LogP contribution in [-0.4, -0.2) is 18.4 Å². The second-order valence-corrected chi connectivity index (χ2v) is 6.75. The topological polar surface area (TPSA) is 67.4 Å². The Morgan fingerprint density at radius 1 is 1.04 bits per heavy atom. The van der Waals surface area contributed by atoms with E-state index in [0.29, 0.717) is 29.6 Å². The maximum absolute atomic E-state index is 12.6. The van der Waals surface area contributed by atoms with Crippen LogP contribution in [-0.2, 0) is 16.1 Å². The summed E-state index contributed by atoms with van der Waals surface area (Å²) in [6.07, 6.45) is 0. The molecule has 0 saturated carbocycles. The summed E-state index contributed by atoms with van der Waals surface area (Å²) in [5, 5.41) is 6.20. The van der Waals surface area contributed by atoms with Crippen LogP contribution in [0.5, 0.6) is 5.75 Å². The van der Waals surface area contributed by atoms with Crippen LogP contribution in [0, 0.1) is 5.41 Å². The summed E-state index contributed by atoms with van der Waals surface area (Å²) in [6, 6.07) is 14.3. The SMILES string of the molecule is CCOc1ccccc1NC(=O)C(C)(C)C(=O)NCc1ccc(Cl)cc1. The zero-order valence-corrected chi connectivity index (χ0v) is 15.9. The van der Waals surface area contributed by atoms with Gasteiger partial charge in [-0.3, -0.25) is 9.59 Å². The molecule has 0 aliphatic heterocycles. The number of benzene rings is 2. The standard InChI is InChI=1S/C20H23ClN2O3/c1-4-26-17-8-6-5-7-16(17)23-19(25)20(2,3)18(24)22-13-14-9-11-15(21)12-10-14/h5-12H,4,13H2,1-3H3,(H,22,24)(H,23,25). The highest BCUT2D eigenvalue weighted by atomic mass is 35.5. The minimum atomic E-state index is -1.24. The van der Waals surface area contributed by atoms with Crippen molar-refractivity contribution >= 4 is 29.1 Å². The van der Waals surface area contributed by atoms with E-state index in [9.17, 15) is 9.59 Å². The molecule has 138 valence electrons. The second kappa shape index (κ2) is 8.72. The first-order valence-electron chi connectivity index (χ1n) is 8.40. The summed E-state index contributed by atoms with van der Waals surface area (Å²) in [5.74, 6) is -0.196. The molecule has 0 aliphatic rings. The van der Waals surface area contributed by atoms with Crippen LogP contribution < -0.4 is 15.4 Å². The zero-order chi connectivity index (χ0) is 19.2. The lowest BCUT2D eigenvalue weighted by Gasteiger charge is -2.23. The third-order valence-corrected chi connectivity index (χ3v) is 4.19. The molecular formula is C20H23ClN2O3. The zero-order valence-electron chi connectivity index (χ0n) is 15.1. The molecule has 0 spiro atoms. The third kappa shape index (κ3) is 4.99. The lowest BCUT2D eigenvalue weighted by molar-refractivity contribution is -0.138. The number of hydrogen-bond acceptors (Lipinski definition) is 3. The lowest BCUT2D eigenvalue weighted by Crippen LogP contribution is -2.44. The van der Waals surface area contributed by atoms with E-state index in [-0.39, 0.29) is 5.91 Å². The number of carbonyl (C=O) groups is 2. The van der Waals surface area contributed by atoms with Crippen molar-refractivity contribution in [1.29, 1.82) is 0 Å². The van der Waals surface area contributed by atoms with Gasteiger partial charge in [-0.05, 0) is 50.6 Å². The summed E-state index contributed by atoms with van der Waals surface area (Å²) < 4.78 is 5.50. The number of amides is 2. The molecule has 2 N–H and O–H groups in total. The Bertz CT molecular complexity index is 773. The molecule has 0 aliphatic carbocycles. The Hall–Kier alpha value is -2.53. The van der Waals surface area contributed by atoms with E-state index in [2.05, 4.69) is 10.6 Å². The Kier molecular flexibility index (Phi) is 6.64. The average molecular weight is 375 g/mol. The molecule has 0 bridgehead atoms. The van der Waals surface area contributed by atoms with Gasteiger partial charge in [-0.1, -0.05) is 35.9 Å². The van der Waals surface area contributed by atoms with Gasteiger partial charge in [0, 0.05) is 11.6 Å². The molecule has 0 fully saturated rings. The van der Waals surface area contributed by atoms with Gasteiger partial charge < -0.3 is 15.4 Å². The van der Waals surface area contributed by atoms with Gasteiger partial charge in [0.15, 0.2) is 0 Å². The third-order valence-electron chi connectivity index (χ3n) is 3.94. The molecule has 2 rings (SSSR count). The largest absolute Gasteiger partial charge is 0.492 e. The van der Waals surface area contributed by atoms with Crippen molar-refractivity contribution in [2.75, 3.05) is 11.9 Å². The molecule has 26 heavy (non-hydrogen) atoms. The van der Waals surface area contributed by atoms with Crippen molar-refractivity contribution in [2.24, 2.45) is 5.41 Å². The summed E-state index contributed by atoms with van der Waals surface area (Å²) in [7, 11) is 0. The van der Waals surface area contributed by atoms with Crippen LogP contribution in [0.1, 0.15) is 26.3 Å². The van der Waals surface area contributed by atoms with Gasteiger partial charge in [0.2, 0.25) is 11.8 Å². The first-order chi connectivity index (χ1) is 12.3. The monoisotopic (exact) mass is 374 g/mol. The first-order valence-corrected chi connectivity index (χ1v) is 8.78. The van der Waals surface area contributed by atoms with E-state index in [1.807, 2.05) is 25.1 Å². The molecule has 2 aromatic rings. The minimum Gasteiger partial charge on any atom is -0.492 e. The van der Waals surface area contributed by atoms with E-state index in [4.69, 9.17) is 16.3 Å². The van der Waals surface area contributed by atoms with E-state index in [1.165, 1.54) is 0 Å². The van der Waals surface area contributed by atoms with Crippen molar-refractivity contribution in [1.82, 2.24) is 5.32 Å². The number of carbonyl (C=O) groups excluding carboxylic acids is 2. The van der Waals surface area contributed by atoms with Crippen LogP contribution in [0.15, 0.2) is 48.5 Å². The number of para-hydroxylation sites is 2. The minimum absolute atomic E-state index is 0.322. The molecule has 5 nitrogen and oxygen atoms in total. The average Bonchev–Trinajstić information content (AvgIpc) is 2.62. The Labute approximate surface area is 158 Å². The van der Waals surface area contributed by atoms with E-state index in [1.54, 1.807) is 44.2 Å². The smallest absolute Gasteiger partial charge is 0.239 e. The molecule has 0 saturated heterocycles. The van der Waals surface area contributed by atoms with Gasteiger partial charge in [0.25, 0.3) is 0 Å². The summed E-state index contributed by atoms with van der Waals surface area (Å²) in [4.78, 5) is 25.2. The van der Waals surface area contributed by atoms with Crippen molar-refractivity contribution in [3.05, 3.63) is 59.1 Å². The summed E-state index contributed by atoms with van der Waals surface area (Å²) >= 11 is 5.85. The number of ether oxygens (including phenoxy) is 1. The maximum atomic E-state index is 12.6. The quantitative estimate of drug-likeness (QED) is 0.719. The normalized spacial score (nSPS) is 10.9. The predicted molar refractivity (Wildman–Crippen MR) is 103 cm³/mol. The van der Waals surface area contributed by atoms with E-state index >= 15 is 0 Å². The van der Waals surface area contributed by atoms with Crippen LogP contribution in [0.4, 0.5) is 5.69 Å². The molecule has 6 heteroatoms. The molecule has 2 amide bonds. The van der Waals surface area contributed by atoms with Crippen molar-refractivity contribution in [2.45, 2.75) is 27.3 Å². The number of nitrogens with one attached hydrogen (secondary N) is 2. The summed E-state index contributed by atoms with van der Waals surface area (Å²) in [6.45, 7) is 5.85. The molecule has 0 unspecified atom stereocenters. The van der Waals surface area contributed by atoms with E-state index < -0.39 is 11.3 Å². The van der Waals surface area contributed by atoms with Gasteiger partial charge >= 0.3 is 0 Å². The molecule has 2 aromatic carbocycles. The van der Waals surface area contributed by atoms with E-state index in [0.717, 1.165) is 5.56 Å². The number of rotatable bonds is 7. The Morgan fingerprint density at radius 2 is 1.69 bits per heavy atom. The van der Waals surface area contributed by atoms with Gasteiger partial charge in [-0.15, -0.1) is 0 Å². The molecule has 0 atom stereocenters. The van der Waals surface area contributed by atoms with Gasteiger partial charge in [-0.2, -0.15) is 0 Å². The van der Waals surface area contributed by atoms with Gasteiger partial charge in [0.1, 0.15) is 11.2 Å².